The predicted octanol–water partition coefficient (Wildman–Crippen LogP) is 8.46. The summed E-state index contributed by atoms with van der Waals surface area (Å²) in [7, 11) is -2.28. The zero-order valence-electron chi connectivity index (χ0n) is 26.8. The summed E-state index contributed by atoms with van der Waals surface area (Å²) in [5.74, 6) is -5.17. The van der Waals surface area contributed by atoms with Crippen molar-refractivity contribution in [3.8, 4) is 11.3 Å². The molecule has 1 aliphatic rings. The van der Waals surface area contributed by atoms with Gasteiger partial charge in [-0.05, 0) is 64.4 Å². The van der Waals surface area contributed by atoms with E-state index in [1.165, 1.54) is 22.6 Å². The van der Waals surface area contributed by atoms with Crippen molar-refractivity contribution in [2.24, 2.45) is 5.92 Å². The minimum atomic E-state index is -2.28. The van der Waals surface area contributed by atoms with Crippen molar-refractivity contribution in [1.82, 2.24) is 20.0 Å². The quantitative estimate of drug-likeness (QED) is 0.0958. The van der Waals surface area contributed by atoms with Gasteiger partial charge in [0, 0.05) is 33.2 Å². The lowest BCUT2D eigenvalue weighted by Gasteiger charge is -2.46. The normalized spacial score (nSPS) is 21.9. The molecule has 250 valence electrons. The number of rotatable bonds is 9. The second kappa shape index (κ2) is 14.2. The highest BCUT2D eigenvalue weighted by molar-refractivity contribution is 9.10. The van der Waals surface area contributed by atoms with E-state index in [0.717, 1.165) is 21.5 Å². The fourth-order valence-corrected chi connectivity index (χ4v) is 7.67. The zero-order valence-corrected chi connectivity index (χ0v) is 30.2. The van der Waals surface area contributed by atoms with Crippen LogP contribution in [0.3, 0.4) is 0 Å². The molecule has 14 heteroatoms. The number of thioether (sulfide) groups is 1. The number of benzene rings is 2. The summed E-state index contributed by atoms with van der Waals surface area (Å²) < 4.78 is 64.0. The van der Waals surface area contributed by atoms with E-state index in [2.05, 4.69) is 65.1 Å². The van der Waals surface area contributed by atoms with Crippen LogP contribution < -0.4 is 0 Å². The zero-order chi connectivity index (χ0) is 34.1. The monoisotopic (exact) mass is 748 g/mol. The Bertz CT molecular complexity index is 1700. The number of nitrogens with zero attached hydrogens (tertiary/aromatic N) is 4. The maximum absolute atomic E-state index is 14.2. The first-order chi connectivity index (χ1) is 22.1. The second-order valence-electron chi connectivity index (χ2n) is 13.0. The maximum Gasteiger partial charge on any atom is 0.338 e. The number of hydrogen-bond donors (Lipinski definition) is 0. The van der Waals surface area contributed by atoms with E-state index in [9.17, 15) is 18.0 Å². The first kappa shape index (κ1) is 35.3. The predicted molar refractivity (Wildman–Crippen MR) is 179 cm³/mol. The molecule has 0 aliphatic carbocycles. The van der Waals surface area contributed by atoms with E-state index in [4.69, 9.17) is 13.9 Å². The molecule has 8 nitrogen and oxygen atoms in total. The van der Waals surface area contributed by atoms with Crippen molar-refractivity contribution >= 4 is 42.0 Å². The van der Waals surface area contributed by atoms with Gasteiger partial charge in [0.2, 0.25) is 0 Å². The molecular weight excluding hydrogens is 713 g/mol. The Hall–Kier alpha value is -3.04. The van der Waals surface area contributed by atoms with Crippen molar-refractivity contribution in [1.29, 1.82) is 0 Å². The lowest BCUT2D eigenvalue weighted by Crippen LogP contribution is -2.55. The van der Waals surface area contributed by atoms with Gasteiger partial charge in [0.1, 0.15) is 17.2 Å². The molecule has 3 heterocycles. The van der Waals surface area contributed by atoms with E-state index < -0.39 is 55.4 Å². The van der Waals surface area contributed by atoms with Gasteiger partial charge in [0.15, 0.2) is 31.9 Å². The Balaban J connectivity index is 1.57. The lowest BCUT2D eigenvalue weighted by atomic mass is 9.90. The highest BCUT2D eigenvalue weighted by Gasteiger charge is 2.49. The van der Waals surface area contributed by atoms with E-state index in [1.807, 2.05) is 13.0 Å². The number of ether oxygens (including phenoxy) is 2. The van der Waals surface area contributed by atoms with Gasteiger partial charge in [0.05, 0.1) is 24.4 Å². The van der Waals surface area contributed by atoms with Gasteiger partial charge in [-0.15, -0.1) is 5.10 Å². The van der Waals surface area contributed by atoms with Gasteiger partial charge in [0.25, 0.3) is 0 Å². The summed E-state index contributed by atoms with van der Waals surface area (Å²) in [5.41, 5.74) is -0.00129. The molecule has 0 amide bonds. The summed E-state index contributed by atoms with van der Waals surface area (Å²) in [5, 5.41) is 8.41. The minimum absolute atomic E-state index is 0.00846. The van der Waals surface area contributed by atoms with Gasteiger partial charge in [-0.2, -0.15) is 0 Å². The highest BCUT2D eigenvalue weighted by Crippen LogP contribution is 2.45. The molecule has 2 aromatic carbocycles. The maximum atomic E-state index is 14.2. The van der Waals surface area contributed by atoms with Crippen LogP contribution in [0.25, 0.3) is 11.3 Å². The molecular formula is C33H36BrF3N4O4SSi. The standard InChI is InChI=1S/C33H36BrF3N4O4SSi/c1-19-29(41-17-26(39-40-41)21-12-24(35)28(37)25(36)13-21)30(45-31(42)20-10-8-7-9-11-20)27(18-43-47(5,6)33(2,3)4)44-32(19)46-23-14-22(34)15-38-16-23/h7-17,19,27,29-30,32H,18H2,1-6H3/t19?,27?,29-,30+,32-/m1/s1. The Kier molecular flexibility index (Phi) is 10.7. The van der Waals surface area contributed by atoms with Crippen LogP contribution in [0.2, 0.25) is 18.1 Å². The van der Waals surface area contributed by atoms with E-state index >= 15 is 0 Å². The Morgan fingerprint density at radius 1 is 1.09 bits per heavy atom. The summed E-state index contributed by atoms with van der Waals surface area (Å²) in [6.07, 6.45) is 3.29. The molecule has 5 rings (SSSR count). The molecule has 0 saturated carbocycles. The third-order valence-corrected chi connectivity index (χ3v) is 14.9. The van der Waals surface area contributed by atoms with E-state index in [0.29, 0.717) is 5.56 Å². The third kappa shape index (κ3) is 7.99. The minimum Gasteiger partial charge on any atom is -0.454 e. The fraction of sp³-hybridized carbons (Fsp3) is 0.394. The van der Waals surface area contributed by atoms with Crippen LogP contribution in [-0.2, 0) is 13.9 Å². The van der Waals surface area contributed by atoms with Crippen LogP contribution in [0, 0.1) is 23.4 Å². The topological polar surface area (TPSA) is 88.4 Å². The largest absolute Gasteiger partial charge is 0.454 e. The molecule has 4 aromatic rings. The van der Waals surface area contributed by atoms with Crippen molar-refractivity contribution < 1.29 is 31.9 Å². The summed E-state index contributed by atoms with van der Waals surface area (Å²) in [6, 6.07) is 11.6. The van der Waals surface area contributed by atoms with Crippen LogP contribution in [0.4, 0.5) is 13.2 Å². The van der Waals surface area contributed by atoms with Crippen LogP contribution in [-0.4, -0.2) is 58.5 Å². The Labute approximate surface area is 285 Å². The number of hydrogen-bond acceptors (Lipinski definition) is 8. The molecule has 5 atom stereocenters. The molecule has 1 saturated heterocycles. The van der Waals surface area contributed by atoms with Gasteiger partial charge < -0.3 is 13.9 Å². The number of aromatic nitrogens is 4. The SMILES string of the molecule is CC1[C@@H](Sc2cncc(Br)c2)OC(CO[Si](C)(C)C(C)(C)C)[C@H](OC(=O)c2ccccc2)[C@@H]1n1cc(-c2cc(F)c(F)c(F)c2)nn1. The third-order valence-electron chi connectivity index (χ3n) is 8.67. The average Bonchev–Trinajstić information content (AvgIpc) is 3.50. The van der Waals surface area contributed by atoms with Crippen LogP contribution in [0.5, 0.6) is 0 Å². The summed E-state index contributed by atoms with van der Waals surface area (Å²) in [6.45, 7) is 12.7. The molecule has 0 spiro atoms. The summed E-state index contributed by atoms with van der Waals surface area (Å²) >= 11 is 4.93. The van der Waals surface area contributed by atoms with Crippen LogP contribution in [0.1, 0.15) is 44.1 Å². The highest BCUT2D eigenvalue weighted by atomic mass is 79.9. The molecule has 0 bridgehead atoms. The molecule has 2 aromatic heterocycles. The first-order valence-electron chi connectivity index (χ1n) is 15.0. The average molecular weight is 750 g/mol. The Morgan fingerprint density at radius 3 is 2.40 bits per heavy atom. The van der Waals surface area contributed by atoms with Crippen LogP contribution in [0.15, 0.2) is 76.5 Å². The van der Waals surface area contributed by atoms with Gasteiger partial charge in [-0.25, -0.2) is 22.6 Å². The number of pyridine rings is 1. The van der Waals surface area contributed by atoms with Gasteiger partial charge in [-0.1, -0.05) is 62.9 Å². The van der Waals surface area contributed by atoms with E-state index in [-0.39, 0.29) is 28.8 Å². The summed E-state index contributed by atoms with van der Waals surface area (Å²) in [4.78, 5) is 18.7. The molecule has 1 aliphatic heterocycles. The van der Waals surface area contributed by atoms with Crippen molar-refractivity contribution in [2.75, 3.05) is 6.61 Å². The molecule has 2 unspecified atom stereocenters. The van der Waals surface area contributed by atoms with Crippen molar-refractivity contribution in [3.63, 3.8) is 0 Å². The molecule has 0 N–H and O–H groups in total. The van der Waals surface area contributed by atoms with Crippen LogP contribution >= 0.6 is 27.7 Å². The fourth-order valence-electron chi connectivity index (χ4n) is 4.98. The number of carbonyl (C=O) groups excluding carboxylic acids is 1. The smallest absolute Gasteiger partial charge is 0.338 e. The first-order valence-corrected chi connectivity index (χ1v) is 19.6. The lowest BCUT2D eigenvalue weighted by molar-refractivity contribution is -0.154. The molecule has 0 radical (unpaired) electrons. The van der Waals surface area contributed by atoms with Crippen molar-refractivity contribution in [2.45, 2.75) is 74.4 Å². The number of halogens is 4. The second-order valence-corrected chi connectivity index (χ2v) is 19.9. The number of esters is 1. The van der Waals surface area contributed by atoms with Crippen molar-refractivity contribution in [3.05, 3.63) is 94.6 Å². The number of carbonyl (C=O) groups is 1. The molecule has 1 fully saturated rings. The van der Waals surface area contributed by atoms with E-state index in [1.54, 1.807) is 42.7 Å². The molecule has 47 heavy (non-hydrogen) atoms. The Morgan fingerprint density at radius 2 is 1.77 bits per heavy atom. The van der Waals surface area contributed by atoms with Gasteiger partial charge >= 0.3 is 5.97 Å². The van der Waals surface area contributed by atoms with Gasteiger partial charge in [-0.3, -0.25) is 4.98 Å².